The third kappa shape index (κ3) is 5.03. The fourth-order valence-electron chi connectivity index (χ4n) is 2.03. The second-order valence-electron chi connectivity index (χ2n) is 4.98. The molecule has 0 aliphatic rings. The van der Waals surface area contributed by atoms with Crippen LogP contribution in [0, 0.1) is 10.1 Å². The maximum Gasteiger partial charge on any atom is 0.407 e. The number of ether oxygens (including phenoxy) is 2. The number of carbonyl (C=O) groups is 2. The first-order chi connectivity index (χ1) is 12.0. The van der Waals surface area contributed by atoms with Gasteiger partial charge in [-0.25, -0.2) is 4.79 Å². The van der Waals surface area contributed by atoms with E-state index in [1.54, 1.807) is 12.1 Å². The Bertz CT molecular complexity index is 776. The molecule has 1 N–H and O–H groups in total. The zero-order valence-electron chi connectivity index (χ0n) is 13.4. The summed E-state index contributed by atoms with van der Waals surface area (Å²) in [4.78, 5) is 34.0. The number of nitro groups is 1. The monoisotopic (exact) mass is 344 g/mol. The van der Waals surface area contributed by atoms with Gasteiger partial charge in [0, 0.05) is 11.6 Å². The summed E-state index contributed by atoms with van der Waals surface area (Å²) in [5.74, 6) is -0.431. The molecule has 2 rings (SSSR count). The molecule has 0 aromatic heterocycles. The molecule has 0 atom stereocenters. The lowest BCUT2D eigenvalue weighted by atomic mass is 10.1. The first kappa shape index (κ1) is 17.9. The molecule has 0 bridgehead atoms. The largest absolute Gasteiger partial charge is 0.490 e. The molecular formula is C17H16N2O6. The van der Waals surface area contributed by atoms with E-state index < -0.39 is 16.8 Å². The number of rotatable bonds is 7. The number of nitrogens with zero attached hydrogens (tertiary/aromatic N) is 1. The highest BCUT2D eigenvalue weighted by atomic mass is 16.6. The highest BCUT2D eigenvalue weighted by Gasteiger charge is 2.18. The van der Waals surface area contributed by atoms with Crippen LogP contribution in [0.1, 0.15) is 15.9 Å². The van der Waals surface area contributed by atoms with Crippen molar-refractivity contribution in [3.63, 3.8) is 0 Å². The predicted octanol–water partition coefficient (Wildman–Crippen LogP) is 2.71. The third-order valence-electron chi connectivity index (χ3n) is 3.30. The second-order valence-corrected chi connectivity index (χ2v) is 4.98. The summed E-state index contributed by atoms with van der Waals surface area (Å²) in [5.41, 5.74) is 0.589. The van der Waals surface area contributed by atoms with Gasteiger partial charge in [-0.05, 0) is 17.7 Å². The molecule has 0 heterocycles. The van der Waals surface area contributed by atoms with Crippen LogP contribution in [-0.2, 0) is 11.3 Å². The first-order valence-corrected chi connectivity index (χ1v) is 7.31. The van der Waals surface area contributed by atoms with Gasteiger partial charge in [-0.15, -0.1) is 0 Å². The molecular weight excluding hydrogens is 328 g/mol. The van der Waals surface area contributed by atoms with E-state index in [1.807, 2.05) is 18.2 Å². The molecule has 0 fully saturated rings. The van der Waals surface area contributed by atoms with Crippen LogP contribution in [0.3, 0.4) is 0 Å². The lowest BCUT2D eigenvalue weighted by molar-refractivity contribution is -0.385. The van der Waals surface area contributed by atoms with E-state index in [9.17, 15) is 19.7 Å². The van der Waals surface area contributed by atoms with Gasteiger partial charge in [0.1, 0.15) is 6.61 Å². The van der Waals surface area contributed by atoms with Crippen molar-refractivity contribution in [3.8, 4) is 5.75 Å². The SMILES string of the molecule is COc1ccc(C(=O)CNC(=O)OCc2ccccc2)cc1[N+](=O)[O-]. The zero-order valence-corrected chi connectivity index (χ0v) is 13.4. The van der Waals surface area contributed by atoms with E-state index in [4.69, 9.17) is 9.47 Å². The number of hydrogen-bond donors (Lipinski definition) is 1. The number of alkyl carbamates (subject to hydrolysis) is 1. The Morgan fingerprint density at radius 1 is 1.16 bits per heavy atom. The number of ketones is 1. The van der Waals surface area contributed by atoms with Gasteiger partial charge < -0.3 is 14.8 Å². The van der Waals surface area contributed by atoms with Crippen molar-refractivity contribution in [1.82, 2.24) is 5.32 Å². The van der Waals surface area contributed by atoms with Gasteiger partial charge in [0.15, 0.2) is 11.5 Å². The number of Topliss-reactive ketones (excluding diaryl/α,β-unsaturated/α-hetero) is 1. The van der Waals surface area contributed by atoms with Crippen LogP contribution in [0.2, 0.25) is 0 Å². The Morgan fingerprint density at radius 3 is 2.52 bits per heavy atom. The van der Waals surface area contributed by atoms with Crippen LogP contribution in [0.15, 0.2) is 48.5 Å². The lowest BCUT2D eigenvalue weighted by Gasteiger charge is -2.07. The molecule has 0 radical (unpaired) electrons. The average Bonchev–Trinajstić information content (AvgIpc) is 2.64. The molecule has 25 heavy (non-hydrogen) atoms. The highest BCUT2D eigenvalue weighted by Crippen LogP contribution is 2.27. The summed E-state index contributed by atoms with van der Waals surface area (Å²) in [6.07, 6.45) is -0.750. The standard InChI is InChI=1S/C17H16N2O6/c1-24-16-8-7-13(9-14(16)19(22)23)15(20)10-18-17(21)25-11-12-5-3-2-4-6-12/h2-9H,10-11H2,1H3,(H,18,21). The first-order valence-electron chi connectivity index (χ1n) is 7.31. The van der Waals surface area contributed by atoms with E-state index in [2.05, 4.69) is 5.32 Å². The highest BCUT2D eigenvalue weighted by molar-refractivity contribution is 5.99. The molecule has 1 amide bonds. The van der Waals surface area contributed by atoms with Crippen molar-refractivity contribution in [3.05, 3.63) is 69.8 Å². The summed E-state index contributed by atoms with van der Waals surface area (Å²) >= 11 is 0. The Morgan fingerprint density at radius 2 is 1.88 bits per heavy atom. The van der Waals surface area contributed by atoms with Crippen molar-refractivity contribution < 1.29 is 24.0 Å². The molecule has 8 nitrogen and oxygen atoms in total. The predicted molar refractivity (Wildman–Crippen MR) is 88.6 cm³/mol. The van der Waals surface area contributed by atoms with Gasteiger partial charge in [-0.3, -0.25) is 14.9 Å². The maximum absolute atomic E-state index is 12.1. The van der Waals surface area contributed by atoms with Gasteiger partial charge in [-0.1, -0.05) is 30.3 Å². The second kappa shape index (κ2) is 8.44. The molecule has 2 aromatic carbocycles. The Hall–Kier alpha value is -3.42. The molecule has 130 valence electrons. The number of methoxy groups -OCH3 is 1. The van der Waals surface area contributed by atoms with E-state index in [0.717, 1.165) is 11.6 Å². The van der Waals surface area contributed by atoms with E-state index in [0.29, 0.717) is 0 Å². The van der Waals surface area contributed by atoms with Gasteiger partial charge >= 0.3 is 11.8 Å². The maximum atomic E-state index is 12.1. The fraction of sp³-hybridized carbons (Fsp3) is 0.176. The third-order valence-corrected chi connectivity index (χ3v) is 3.30. The van der Waals surface area contributed by atoms with Gasteiger partial charge in [0.2, 0.25) is 0 Å². The number of benzene rings is 2. The summed E-state index contributed by atoms with van der Waals surface area (Å²) < 4.78 is 9.85. The fourth-order valence-corrected chi connectivity index (χ4v) is 2.03. The average molecular weight is 344 g/mol. The topological polar surface area (TPSA) is 108 Å². The Labute approximate surface area is 143 Å². The van der Waals surface area contributed by atoms with Crippen molar-refractivity contribution in [2.75, 3.05) is 13.7 Å². The number of nitrogens with one attached hydrogen (secondary N) is 1. The Balaban J connectivity index is 1.90. The number of nitro benzene ring substituents is 1. The summed E-state index contributed by atoms with van der Waals surface area (Å²) in [6, 6.07) is 12.9. The number of amides is 1. The van der Waals surface area contributed by atoms with Crippen LogP contribution >= 0.6 is 0 Å². The van der Waals surface area contributed by atoms with Crippen LogP contribution in [-0.4, -0.2) is 30.5 Å². The lowest BCUT2D eigenvalue weighted by Crippen LogP contribution is -2.30. The normalized spacial score (nSPS) is 9.96. The zero-order chi connectivity index (χ0) is 18.2. The molecule has 0 spiro atoms. The molecule has 0 saturated heterocycles. The van der Waals surface area contributed by atoms with Crippen molar-refractivity contribution in [2.24, 2.45) is 0 Å². The van der Waals surface area contributed by atoms with E-state index in [1.165, 1.54) is 19.2 Å². The minimum absolute atomic E-state index is 0.0526. The molecule has 0 aliphatic heterocycles. The molecule has 2 aromatic rings. The smallest absolute Gasteiger partial charge is 0.407 e. The van der Waals surface area contributed by atoms with Crippen LogP contribution in [0.25, 0.3) is 0 Å². The van der Waals surface area contributed by atoms with Crippen molar-refractivity contribution >= 4 is 17.6 Å². The van der Waals surface area contributed by atoms with Gasteiger partial charge in [0.25, 0.3) is 0 Å². The van der Waals surface area contributed by atoms with E-state index in [-0.39, 0.29) is 30.2 Å². The van der Waals surface area contributed by atoms with Crippen LogP contribution in [0.4, 0.5) is 10.5 Å². The minimum Gasteiger partial charge on any atom is -0.490 e. The molecule has 0 saturated carbocycles. The number of hydrogen-bond acceptors (Lipinski definition) is 6. The van der Waals surface area contributed by atoms with Gasteiger partial charge in [0.05, 0.1) is 18.6 Å². The molecule has 0 unspecified atom stereocenters. The number of carbonyl (C=O) groups excluding carboxylic acids is 2. The summed E-state index contributed by atoms with van der Waals surface area (Å²) in [5, 5.41) is 13.3. The van der Waals surface area contributed by atoms with Crippen LogP contribution in [0.5, 0.6) is 5.75 Å². The van der Waals surface area contributed by atoms with Crippen LogP contribution < -0.4 is 10.1 Å². The van der Waals surface area contributed by atoms with Gasteiger partial charge in [-0.2, -0.15) is 0 Å². The quantitative estimate of drug-likeness (QED) is 0.470. The Kier molecular flexibility index (Phi) is 6.05. The molecule has 0 aliphatic carbocycles. The minimum atomic E-state index is -0.750. The van der Waals surface area contributed by atoms with Crippen molar-refractivity contribution in [2.45, 2.75) is 6.61 Å². The van der Waals surface area contributed by atoms with E-state index >= 15 is 0 Å². The molecule has 8 heteroatoms. The van der Waals surface area contributed by atoms with Crippen molar-refractivity contribution in [1.29, 1.82) is 0 Å². The summed E-state index contributed by atoms with van der Waals surface area (Å²) in [6.45, 7) is -0.258. The summed E-state index contributed by atoms with van der Waals surface area (Å²) in [7, 11) is 1.30.